The van der Waals surface area contributed by atoms with Crippen LogP contribution in [-0.4, -0.2) is 22.3 Å². The maximum Gasteiger partial charge on any atom is 0.471 e. The van der Waals surface area contributed by atoms with Crippen molar-refractivity contribution in [1.82, 2.24) is 10.2 Å². The van der Waals surface area contributed by atoms with Crippen molar-refractivity contribution >= 4 is 22.5 Å². The third-order valence-electron chi connectivity index (χ3n) is 1.96. The topological polar surface area (TPSA) is 57.8 Å². The van der Waals surface area contributed by atoms with E-state index in [2.05, 4.69) is 10.2 Å². The van der Waals surface area contributed by atoms with Crippen LogP contribution in [0.1, 0.15) is 0 Å². The number of carbonyl (C=O) groups excluding carboxylic acids is 1. The van der Waals surface area contributed by atoms with Gasteiger partial charge >= 0.3 is 12.1 Å². The number of amides is 1. The first-order valence-electron chi connectivity index (χ1n) is 4.28. The van der Waals surface area contributed by atoms with Crippen LogP contribution in [0.2, 0.25) is 0 Å². The van der Waals surface area contributed by atoms with E-state index < -0.39 is 12.1 Å². The van der Waals surface area contributed by atoms with Gasteiger partial charge in [0.05, 0.1) is 11.7 Å². The Morgan fingerprint density at radius 3 is 2.81 bits per heavy atom. The summed E-state index contributed by atoms with van der Waals surface area (Å²) in [5, 5.41) is 8.81. The number of hydrogen-bond acceptors (Lipinski definition) is 2. The van der Waals surface area contributed by atoms with Gasteiger partial charge in [0.2, 0.25) is 0 Å². The van der Waals surface area contributed by atoms with Gasteiger partial charge in [-0.3, -0.25) is 9.89 Å². The molecule has 16 heavy (non-hydrogen) atoms. The summed E-state index contributed by atoms with van der Waals surface area (Å²) in [7, 11) is 0. The average Bonchev–Trinajstić information content (AvgIpc) is 2.63. The lowest BCUT2D eigenvalue weighted by Gasteiger charge is -2.07. The van der Waals surface area contributed by atoms with Gasteiger partial charge in [-0.15, -0.1) is 0 Å². The molecule has 0 radical (unpaired) electrons. The van der Waals surface area contributed by atoms with E-state index >= 15 is 0 Å². The summed E-state index contributed by atoms with van der Waals surface area (Å²) in [6.45, 7) is 0. The predicted molar refractivity (Wildman–Crippen MR) is 50.8 cm³/mol. The molecule has 2 aromatic rings. The van der Waals surface area contributed by atoms with Gasteiger partial charge < -0.3 is 5.32 Å². The van der Waals surface area contributed by atoms with Crippen LogP contribution in [0.15, 0.2) is 24.4 Å². The zero-order chi connectivity index (χ0) is 11.8. The van der Waals surface area contributed by atoms with Crippen LogP contribution in [0, 0.1) is 0 Å². The molecule has 0 saturated heterocycles. The molecule has 0 aliphatic heterocycles. The quantitative estimate of drug-likeness (QED) is 0.786. The van der Waals surface area contributed by atoms with Gasteiger partial charge in [0.1, 0.15) is 0 Å². The summed E-state index contributed by atoms with van der Waals surface area (Å²) in [4.78, 5) is 10.6. The molecule has 7 heteroatoms. The maximum atomic E-state index is 12.0. The fourth-order valence-corrected chi connectivity index (χ4v) is 1.22. The summed E-state index contributed by atoms with van der Waals surface area (Å²) in [5.74, 6) is -1.99. The molecule has 4 nitrogen and oxygen atoms in total. The van der Waals surface area contributed by atoms with E-state index in [4.69, 9.17) is 0 Å². The van der Waals surface area contributed by atoms with Crippen molar-refractivity contribution in [3.05, 3.63) is 24.4 Å². The summed E-state index contributed by atoms with van der Waals surface area (Å²) >= 11 is 0. The van der Waals surface area contributed by atoms with Crippen molar-refractivity contribution in [2.24, 2.45) is 0 Å². The average molecular weight is 229 g/mol. The van der Waals surface area contributed by atoms with Crippen molar-refractivity contribution in [3.8, 4) is 0 Å². The Bertz CT molecular complexity index is 532. The predicted octanol–water partition coefficient (Wildman–Crippen LogP) is 2.06. The second-order valence-corrected chi connectivity index (χ2v) is 3.12. The maximum absolute atomic E-state index is 12.0. The fraction of sp³-hybridized carbons (Fsp3) is 0.111. The monoisotopic (exact) mass is 229 g/mol. The number of H-pyrrole nitrogens is 1. The van der Waals surface area contributed by atoms with E-state index in [-0.39, 0.29) is 5.69 Å². The first kappa shape index (κ1) is 10.5. The number of hydrogen-bond donors (Lipinski definition) is 2. The lowest BCUT2D eigenvalue weighted by Crippen LogP contribution is -2.29. The number of halogens is 3. The molecular formula is C9H6F3N3O. The summed E-state index contributed by atoms with van der Waals surface area (Å²) in [6.07, 6.45) is -3.35. The van der Waals surface area contributed by atoms with Crippen LogP contribution >= 0.6 is 0 Å². The SMILES string of the molecule is O=C(Nc1ccc2cn[nH]c2c1)C(F)(F)F. The van der Waals surface area contributed by atoms with Gasteiger partial charge in [-0.1, -0.05) is 0 Å². The first-order valence-corrected chi connectivity index (χ1v) is 4.28. The lowest BCUT2D eigenvalue weighted by molar-refractivity contribution is -0.167. The molecule has 0 unspecified atom stereocenters. The molecular weight excluding hydrogens is 223 g/mol. The zero-order valence-electron chi connectivity index (χ0n) is 7.80. The van der Waals surface area contributed by atoms with Crippen LogP contribution in [0.25, 0.3) is 10.9 Å². The van der Waals surface area contributed by atoms with Crippen molar-refractivity contribution in [2.45, 2.75) is 6.18 Å². The summed E-state index contributed by atoms with van der Waals surface area (Å²) < 4.78 is 35.9. The minimum atomic E-state index is -4.89. The molecule has 1 amide bonds. The second-order valence-electron chi connectivity index (χ2n) is 3.12. The minimum absolute atomic E-state index is 0.0686. The van der Waals surface area contributed by atoms with Gasteiger partial charge in [0.25, 0.3) is 0 Å². The molecule has 2 N–H and O–H groups in total. The summed E-state index contributed by atoms with van der Waals surface area (Å²) in [6, 6.07) is 4.32. The largest absolute Gasteiger partial charge is 0.471 e. The molecule has 2 rings (SSSR count). The Balaban J connectivity index is 2.24. The molecule has 1 aromatic carbocycles. The lowest BCUT2D eigenvalue weighted by atomic mass is 10.2. The van der Waals surface area contributed by atoms with Crippen molar-refractivity contribution in [3.63, 3.8) is 0 Å². The number of aromatic nitrogens is 2. The van der Waals surface area contributed by atoms with Crippen LogP contribution in [-0.2, 0) is 4.79 Å². The van der Waals surface area contributed by atoms with Gasteiger partial charge in [0.15, 0.2) is 0 Å². The number of benzene rings is 1. The van der Waals surface area contributed by atoms with Crippen molar-refractivity contribution < 1.29 is 18.0 Å². The molecule has 0 atom stereocenters. The molecule has 0 spiro atoms. The van der Waals surface area contributed by atoms with E-state index in [1.165, 1.54) is 18.3 Å². The molecule has 0 aliphatic rings. The highest BCUT2D eigenvalue weighted by atomic mass is 19.4. The Morgan fingerprint density at radius 1 is 1.38 bits per heavy atom. The molecule has 0 fully saturated rings. The molecule has 0 bridgehead atoms. The van der Waals surface area contributed by atoms with E-state index in [1.807, 2.05) is 0 Å². The Hall–Kier alpha value is -2.05. The van der Waals surface area contributed by atoms with Crippen LogP contribution < -0.4 is 5.32 Å². The fourth-order valence-electron chi connectivity index (χ4n) is 1.22. The van der Waals surface area contributed by atoms with Crippen LogP contribution in [0.5, 0.6) is 0 Å². The van der Waals surface area contributed by atoms with Crippen molar-refractivity contribution in [2.75, 3.05) is 5.32 Å². The highest BCUT2D eigenvalue weighted by molar-refractivity contribution is 5.96. The van der Waals surface area contributed by atoms with Crippen LogP contribution in [0.4, 0.5) is 18.9 Å². The molecule has 1 aromatic heterocycles. The van der Waals surface area contributed by atoms with E-state index in [0.717, 1.165) is 5.39 Å². The standard InChI is InChI=1S/C9H6F3N3O/c10-9(11,12)8(16)14-6-2-1-5-4-13-15-7(5)3-6/h1-4H,(H,13,15)(H,14,16). The van der Waals surface area contributed by atoms with Crippen molar-refractivity contribution in [1.29, 1.82) is 0 Å². The number of nitrogens with one attached hydrogen (secondary N) is 2. The van der Waals surface area contributed by atoms with Gasteiger partial charge in [0, 0.05) is 11.1 Å². The third-order valence-corrected chi connectivity index (χ3v) is 1.96. The molecule has 84 valence electrons. The summed E-state index contributed by atoms with van der Waals surface area (Å²) in [5.41, 5.74) is 0.624. The van der Waals surface area contributed by atoms with Gasteiger partial charge in [-0.05, 0) is 18.2 Å². The Morgan fingerprint density at radius 2 is 2.12 bits per heavy atom. The second kappa shape index (κ2) is 3.51. The number of nitrogens with zero attached hydrogens (tertiary/aromatic N) is 1. The number of anilines is 1. The third kappa shape index (κ3) is 1.97. The number of rotatable bonds is 1. The Labute approximate surface area is 87.4 Å². The zero-order valence-corrected chi connectivity index (χ0v) is 7.80. The first-order chi connectivity index (χ1) is 7.47. The number of fused-ring (bicyclic) bond motifs is 1. The molecule has 0 aliphatic carbocycles. The minimum Gasteiger partial charge on any atom is -0.318 e. The van der Waals surface area contributed by atoms with E-state index in [0.29, 0.717) is 5.52 Å². The van der Waals surface area contributed by atoms with Crippen LogP contribution in [0.3, 0.4) is 0 Å². The van der Waals surface area contributed by atoms with Gasteiger partial charge in [-0.25, -0.2) is 0 Å². The highest BCUT2D eigenvalue weighted by Gasteiger charge is 2.38. The van der Waals surface area contributed by atoms with Gasteiger partial charge in [-0.2, -0.15) is 18.3 Å². The number of carbonyl (C=O) groups is 1. The molecule has 0 saturated carbocycles. The Kier molecular flexibility index (Phi) is 2.30. The van der Waals surface area contributed by atoms with E-state index in [1.54, 1.807) is 11.4 Å². The van der Waals surface area contributed by atoms with E-state index in [9.17, 15) is 18.0 Å². The number of alkyl halides is 3. The smallest absolute Gasteiger partial charge is 0.318 e. The normalized spacial score (nSPS) is 11.7. The number of aromatic amines is 1. The highest BCUT2D eigenvalue weighted by Crippen LogP contribution is 2.20. The molecule has 1 heterocycles.